The summed E-state index contributed by atoms with van der Waals surface area (Å²) >= 11 is 5.60. The summed E-state index contributed by atoms with van der Waals surface area (Å²) in [6.45, 7) is 35.7. The van der Waals surface area contributed by atoms with E-state index >= 15 is 0 Å². The number of ether oxygens (including phenoxy) is 4. The largest absolute Gasteiger partial charge is 0.494 e. The van der Waals surface area contributed by atoms with Crippen molar-refractivity contribution in [1.29, 1.82) is 5.26 Å². The van der Waals surface area contributed by atoms with Gasteiger partial charge in [-0.15, -0.1) is 11.6 Å². The van der Waals surface area contributed by atoms with E-state index in [1.54, 1.807) is 24.3 Å². The first kappa shape index (κ1) is 54.9. The van der Waals surface area contributed by atoms with E-state index in [1.807, 2.05) is 109 Å². The van der Waals surface area contributed by atoms with Crippen molar-refractivity contribution in [1.82, 2.24) is 20.0 Å². The lowest BCUT2D eigenvalue weighted by molar-refractivity contribution is 0.120. The Bertz CT molecular complexity index is 2660. The summed E-state index contributed by atoms with van der Waals surface area (Å²) < 4.78 is 22.9. The third-order valence-electron chi connectivity index (χ3n) is 12.2. The first-order chi connectivity index (χ1) is 35.9. The maximum absolute atomic E-state index is 8.85. The number of nitrogens with one attached hydrogen (secondary N) is 1. The Kier molecular flexibility index (Phi) is 24.0. The van der Waals surface area contributed by atoms with Crippen LogP contribution in [0, 0.1) is 31.0 Å². The van der Waals surface area contributed by atoms with E-state index in [2.05, 4.69) is 52.8 Å². The molecule has 0 spiro atoms. The van der Waals surface area contributed by atoms with Crippen LogP contribution < -0.4 is 24.3 Å². The lowest BCUT2D eigenvalue weighted by atomic mass is 10.1. The minimum Gasteiger partial charge on any atom is -0.494 e. The van der Waals surface area contributed by atoms with Crippen LogP contribution in [0.25, 0.3) is 36.8 Å². The molecule has 8 rings (SSSR count). The zero-order valence-corrected chi connectivity index (χ0v) is 42.4. The van der Waals surface area contributed by atoms with Gasteiger partial charge < -0.3 is 39.0 Å². The molecule has 0 amide bonds. The molecular weight excluding hydrogens is 932 g/mol. The SMILES string of the molecule is [C-]#[N+]c1ccc(-c2ccc(OCCCCl)cc2)cc1.[C-]#[N+]c1ccc(-c2ccc(OCCCN3CCN(CCCOc4ccc(C#N)cc4)CC3)cc2)cc1.[C-]#[N+]c1ccc(OCCCN2CCNCC2)cc1. The van der Waals surface area contributed by atoms with Gasteiger partial charge in [0.1, 0.15) is 23.0 Å². The van der Waals surface area contributed by atoms with Crippen molar-refractivity contribution in [3.05, 3.63) is 185 Å². The molecule has 0 unspecified atom stereocenters. The fourth-order valence-corrected chi connectivity index (χ4v) is 8.15. The summed E-state index contributed by atoms with van der Waals surface area (Å²) in [6, 6.07) is 48.0. The first-order valence-corrected chi connectivity index (χ1v) is 25.6. The van der Waals surface area contributed by atoms with Crippen LogP contribution in [0.2, 0.25) is 0 Å². The molecular formula is C60H65ClN8O4. The molecule has 2 heterocycles. The fourth-order valence-electron chi connectivity index (χ4n) is 8.04. The standard InChI is InChI=1S/C30H32N4O2.C16H14ClNO.C14H19N3O/c1-32-28-10-6-26(7-11-28)27-8-14-30(15-9-27)36-23-3-17-34-20-18-33(19-21-34)16-2-22-35-29-12-4-25(24-31)5-13-29;1-18-15-7-3-13(4-8-15)14-5-9-16(10-6-14)19-12-2-11-17;1-15-13-3-5-14(6-4-13)18-12-2-9-17-10-7-16-8-11-17/h4-15H,2-3,16-23H2;3-10H,2,11-12H2;3-6,16H,2,7-12H2. The van der Waals surface area contributed by atoms with Crippen LogP contribution >= 0.6 is 11.6 Å². The molecule has 0 aliphatic carbocycles. The monoisotopic (exact) mass is 996 g/mol. The molecule has 2 aliphatic rings. The molecule has 0 aromatic heterocycles. The van der Waals surface area contributed by atoms with Gasteiger partial charge in [-0.1, -0.05) is 84.9 Å². The number of alkyl halides is 1. The molecule has 2 fully saturated rings. The third kappa shape index (κ3) is 20.0. The molecule has 0 atom stereocenters. The van der Waals surface area contributed by atoms with Crippen molar-refractivity contribution in [2.24, 2.45) is 0 Å². The molecule has 2 saturated heterocycles. The van der Waals surface area contributed by atoms with Crippen LogP contribution in [0.3, 0.4) is 0 Å². The van der Waals surface area contributed by atoms with Gasteiger partial charge in [-0.2, -0.15) is 5.26 Å². The predicted molar refractivity (Wildman–Crippen MR) is 293 cm³/mol. The molecule has 2 aliphatic heterocycles. The number of benzene rings is 6. The van der Waals surface area contributed by atoms with Crippen molar-refractivity contribution < 1.29 is 18.9 Å². The molecule has 12 nitrogen and oxygen atoms in total. The van der Waals surface area contributed by atoms with Crippen molar-refractivity contribution in [3.63, 3.8) is 0 Å². The summed E-state index contributed by atoms with van der Waals surface area (Å²) in [6.07, 6.45) is 3.91. The lowest BCUT2D eigenvalue weighted by Gasteiger charge is -2.34. The Morgan fingerprint density at radius 3 is 1.04 bits per heavy atom. The number of nitrogens with zero attached hydrogens (tertiary/aromatic N) is 7. The smallest absolute Gasteiger partial charge is 0.187 e. The van der Waals surface area contributed by atoms with Crippen LogP contribution in [0.4, 0.5) is 17.1 Å². The zero-order chi connectivity index (χ0) is 51.1. The first-order valence-electron chi connectivity index (χ1n) is 25.0. The topological polar surface area (TPSA) is 95.5 Å². The van der Waals surface area contributed by atoms with Gasteiger partial charge in [-0.25, -0.2) is 14.5 Å². The number of rotatable bonds is 21. The van der Waals surface area contributed by atoms with E-state index in [4.69, 9.17) is 55.5 Å². The second kappa shape index (κ2) is 31.8. The van der Waals surface area contributed by atoms with Gasteiger partial charge in [-0.05, 0) is 109 Å². The van der Waals surface area contributed by atoms with Crippen molar-refractivity contribution in [3.8, 4) is 51.3 Å². The van der Waals surface area contributed by atoms with E-state index in [0.717, 1.165) is 150 Å². The summed E-state index contributed by atoms with van der Waals surface area (Å²) in [5, 5.41) is 12.2. The third-order valence-corrected chi connectivity index (χ3v) is 12.5. The average Bonchev–Trinajstić information content (AvgIpc) is 3.46. The molecule has 376 valence electrons. The quantitative estimate of drug-likeness (QED) is 0.0430. The Morgan fingerprint density at radius 1 is 0.425 bits per heavy atom. The Labute approximate surface area is 437 Å². The van der Waals surface area contributed by atoms with Gasteiger partial charge in [0.15, 0.2) is 17.1 Å². The number of hydrogen-bond acceptors (Lipinski definition) is 9. The molecule has 13 heteroatoms. The fraction of sp³-hybridized carbons (Fsp3) is 0.333. The number of nitriles is 1. The number of piperazine rings is 2. The summed E-state index contributed by atoms with van der Waals surface area (Å²) in [4.78, 5) is 17.7. The lowest BCUT2D eigenvalue weighted by Crippen LogP contribution is -2.47. The number of halogens is 1. The highest BCUT2D eigenvalue weighted by Gasteiger charge is 2.16. The number of hydrogen-bond donors (Lipinski definition) is 1. The minimum atomic E-state index is 0.617. The van der Waals surface area contributed by atoms with Gasteiger partial charge in [0.25, 0.3) is 0 Å². The van der Waals surface area contributed by atoms with Gasteiger partial charge in [-0.3, -0.25) is 0 Å². The van der Waals surface area contributed by atoms with E-state index < -0.39 is 0 Å². The summed E-state index contributed by atoms with van der Waals surface area (Å²) in [5.41, 5.74) is 7.06. The van der Waals surface area contributed by atoms with E-state index in [-0.39, 0.29) is 0 Å². The molecule has 1 N–H and O–H groups in total. The van der Waals surface area contributed by atoms with Gasteiger partial charge in [0.05, 0.1) is 57.8 Å². The maximum Gasteiger partial charge on any atom is 0.187 e. The zero-order valence-electron chi connectivity index (χ0n) is 41.6. The molecule has 6 aromatic carbocycles. The van der Waals surface area contributed by atoms with Gasteiger partial charge in [0.2, 0.25) is 0 Å². The molecule has 6 aromatic rings. The summed E-state index contributed by atoms with van der Waals surface area (Å²) in [5.74, 6) is 4.04. The van der Waals surface area contributed by atoms with E-state index in [0.29, 0.717) is 48.3 Å². The van der Waals surface area contributed by atoms with Gasteiger partial charge >= 0.3 is 0 Å². The van der Waals surface area contributed by atoms with Crippen LogP contribution in [0.5, 0.6) is 23.0 Å². The highest BCUT2D eigenvalue weighted by atomic mass is 35.5. The maximum atomic E-state index is 8.85. The Morgan fingerprint density at radius 2 is 0.712 bits per heavy atom. The Balaban J connectivity index is 0.000000197. The second-order valence-corrected chi connectivity index (χ2v) is 17.8. The molecule has 0 bridgehead atoms. The van der Waals surface area contributed by atoms with Crippen molar-refractivity contribution >= 4 is 28.7 Å². The molecule has 73 heavy (non-hydrogen) atoms. The summed E-state index contributed by atoms with van der Waals surface area (Å²) in [7, 11) is 0. The van der Waals surface area contributed by atoms with Gasteiger partial charge in [0, 0.05) is 77.9 Å². The van der Waals surface area contributed by atoms with Crippen LogP contribution in [-0.4, -0.2) is 119 Å². The average molecular weight is 998 g/mol. The van der Waals surface area contributed by atoms with Crippen molar-refractivity contribution in [2.75, 3.05) is 104 Å². The minimum absolute atomic E-state index is 0.617. The molecule has 0 radical (unpaired) electrons. The Hall–Kier alpha value is -7.39. The van der Waals surface area contributed by atoms with Crippen LogP contribution in [-0.2, 0) is 0 Å². The normalized spacial score (nSPS) is 13.5. The van der Waals surface area contributed by atoms with E-state index in [9.17, 15) is 0 Å². The van der Waals surface area contributed by atoms with E-state index in [1.165, 1.54) is 0 Å². The second-order valence-electron chi connectivity index (χ2n) is 17.4. The highest BCUT2D eigenvalue weighted by Crippen LogP contribution is 2.27. The highest BCUT2D eigenvalue weighted by molar-refractivity contribution is 6.17. The van der Waals surface area contributed by atoms with Crippen LogP contribution in [0.1, 0.15) is 31.2 Å². The van der Waals surface area contributed by atoms with Crippen LogP contribution in [0.15, 0.2) is 146 Å². The van der Waals surface area contributed by atoms with Crippen molar-refractivity contribution in [2.45, 2.75) is 25.7 Å². The predicted octanol–water partition coefficient (Wildman–Crippen LogP) is 12.5. The molecule has 0 saturated carbocycles.